The van der Waals surface area contributed by atoms with Crippen LogP contribution in [-0.2, 0) is 0 Å². The van der Waals surface area contributed by atoms with E-state index in [1.165, 1.54) is 12.1 Å². The van der Waals surface area contributed by atoms with E-state index < -0.39 is 11.3 Å². The van der Waals surface area contributed by atoms with Crippen molar-refractivity contribution in [2.75, 3.05) is 0 Å². The Bertz CT molecular complexity index is 1270. The third kappa shape index (κ3) is 3.26. The van der Waals surface area contributed by atoms with Gasteiger partial charge < -0.3 is 8.83 Å². The van der Waals surface area contributed by atoms with Crippen molar-refractivity contribution in [1.82, 2.24) is 0 Å². The molecule has 4 heteroatoms. The summed E-state index contributed by atoms with van der Waals surface area (Å²) in [7, 11) is 0. The van der Waals surface area contributed by atoms with Crippen LogP contribution in [0.15, 0.2) is 79.1 Å². The van der Waals surface area contributed by atoms with Crippen LogP contribution in [-0.4, -0.2) is 0 Å². The molecule has 0 spiro atoms. The maximum atomic E-state index is 11.3. The quantitative estimate of drug-likeness (QED) is 0.365. The molecule has 2 aromatic heterocycles. The van der Waals surface area contributed by atoms with Crippen LogP contribution in [0, 0.1) is 23.7 Å². The van der Waals surface area contributed by atoms with Crippen LogP contribution in [0.3, 0.4) is 0 Å². The number of benzene rings is 2. The average molecular weight is 338 g/mol. The van der Waals surface area contributed by atoms with Gasteiger partial charge in [0.25, 0.3) is 0 Å². The molecule has 2 heterocycles. The summed E-state index contributed by atoms with van der Waals surface area (Å²) in [6, 6.07) is 16.9. The molecular formula is C22H10O4. The maximum absolute atomic E-state index is 11.3. The van der Waals surface area contributed by atoms with E-state index in [1.807, 2.05) is 24.3 Å². The molecule has 0 aliphatic rings. The highest BCUT2D eigenvalue weighted by molar-refractivity contribution is 5.78. The molecule has 4 rings (SSSR count). The predicted octanol–water partition coefficient (Wildman–Crippen LogP) is 3.30. The van der Waals surface area contributed by atoms with Crippen molar-refractivity contribution in [3.05, 3.63) is 92.6 Å². The number of rotatable bonds is 0. The van der Waals surface area contributed by atoms with E-state index >= 15 is 0 Å². The summed E-state index contributed by atoms with van der Waals surface area (Å²) in [6.45, 7) is 0. The fourth-order valence-corrected chi connectivity index (χ4v) is 2.48. The van der Waals surface area contributed by atoms with Crippen molar-refractivity contribution in [2.45, 2.75) is 0 Å². The zero-order valence-corrected chi connectivity index (χ0v) is 13.4. The molecule has 0 aliphatic heterocycles. The molecule has 0 fully saturated rings. The summed E-state index contributed by atoms with van der Waals surface area (Å²) >= 11 is 0. The Kier molecular flexibility index (Phi) is 3.86. The number of hydrogen-bond acceptors (Lipinski definition) is 4. The summed E-state index contributed by atoms with van der Waals surface area (Å²) in [4.78, 5) is 22.5. The predicted molar refractivity (Wildman–Crippen MR) is 98.7 cm³/mol. The molecule has 122 valence electrons. The lowest BCUT2D eigenvalue weighted by Gasteiger charge is -1.95. The van der Waals surface area contributed by atoms with Crippen LogP contribution < -0.4 is 11.3 Å². The fourth-order valence-electron chi connectivity index (χ4n) is 2.48. The lowest BCUT2D eigenvalue weighted by molar-refractivity contribution is 0.560. The molecule has 0 saturated carbocycles. The van der Waals surface area contributed by atoms with Gasteiger partial charge in [0.2, 0.25) is 0 Å². The largest absolute Gasteiger partial charge is 0.423 e. The molecule has 26 heavy (non-hydrogen) atoms. The van der Waals surface area contributed by atoms with Crippen LogP contribution in [0.25, 0.3) is 21.9 Å². The summed E-state index contributed by atoms with van der Waals surface area (Å²) in [5, 5.41) is 1.66. The molecule has 0 amide bonds. The second-order valence-electron chi connectivity index (χ2n) is 5.51. The highest BCUT2D eigenvalue weighted by atomic mass is 16.4. The Balaban J connectivity index is 1.62. The summed E-state index contributed by atoms with van der Waals surface area (Å²) in [5.74, 6) is 11.4. The van der Waals surface area contributed by atoms with E-state index in [0.717, 1.165) is 10.8 Å². The van der Waals surface area contributed by atoms with Crippen LogP contribution in [0.1, 0.15) is 11.1 Å². The Morgan fingerprint density at radius 3 is 1.46 bits per heavy atom. The Morgan fingerprint density at radius 1 is 0.577 bits per heavy atom. The SMILES string of the molecule is O=c1ccc2ccc(C#CC#Cc3ccc4ccc(=O)oc4c3)cc2o1. The molecule has 0 radical (unpaired) electrons. The van der Waals surface area contributed by atoms with Crippen LogP contribution in [0.5, 0.6) is 0 Å². The van der Waals surface area contributed by atoms with Gasteiger partial charge in [0.15, 0.2) is 0 Å². The van der Waals surface area contributed by atoms with E-state index in [9.17, 15) is 9.59 Å². The minimum Gasteiger partial charge on any atom is -0.423 e. The maximum Gasteiger partial charge on any atom is 0.336 e. The van der Waals surface area contributed by atoms with Crippen LogP contribution in [0.4, 0.5) is 0 Å². The standard InChI is InChI=1S/C22H10O4/c23-21-11-9-17-7-5-15(13-19(17)25-21)3-1-2-4-16-6-8-18-10-12-22(24)26-20(18)14-16/h5-14H. The van der Waals surface area contributed by atoms with E-state index in [1.54, 1.807) is 24.3 Å². The molecule has 0 saturated heterocycles. The zero-order chi connectivity index (χ0) is 17.9. The van der Waals surface area contributed by atoms with Gasteiger partial charge in [0.05, 0.1) is 0 Å². The second-order valence-corrected chi connectivity index (χ2v) is 5.51. The summed E-state index contributed by atoms with van der Waals surface area (Å²) < 4.78 is 10.3. The normalized spacial score (nSPS) is 10.0. The van der Waals surface area contributed by atoms with Crippen molar-refractivity contribution in [3.8, 4) is 23.7 Å². The Morgan fingerprint density at radius 2 is 1.00 bits per heavy atom. The summed E-state index contributed by atoms with van der Waals surface area (Å²) in [5.41, 5.74) is 1.58. The van der Waals surface area contributed by atoms with E-state index in [0.29, 0.717) is 22.3 Å². The number of fused-ring (bicyclic) bond motifs is 2. The molecule has 0 atom stereocenters. The monoisotopic (exact) mass is 338 g/mol. The van der Waals surface area contributed by atoms with Gasteiger partial charge in [-0.15, -0.1) is 0 Å². The van der Waals surface area contributed by atoms with Gasteiger partial charge in [0.1, 0.15) is 11.2 Å². The van der Waals surface area contributed by atoms with Gasteiger partial charge in [-0.05, 0) is 60.4 Å². The van der Waals surface area contributed by atoms with Gasteiger partial charge >= 0.3 is 11.3 Å². The van der Waals surface area contributed by atoms with Crippen LogP contribution in [0.2, 0.25) is 0 Å². The Labute approximate surface area is 147 Å². The fraction of sp³-hybridized carbons (Fsp3) is 0. The van der Waals surface area contributed by atoms with Crippen molar-refractivity contribution < 1.29 is 8.83 Å². The molecule has 0 unspecified atom stereocenters. The first-order valence-electron chi connectivity index (χ1n) is 7.77. The van der Waals surface area contributed by atoms with Gasteiger partial charge in [-0.25, -0.2) is 9.59 Å². The lowest BCUT2D eigenvalue weighted by Crippen LogP contribution is -1.94. The molecular weight excluding hydrogens is 328 g/mol. The molecule has 2 aromatic carbocycles. The van der Waals surface area contributed by atoms with E-state index in [2.05, 4.69) is 23.7 Å². The van der Waals surface area contributed by atoms with Gasteiger partial charge in [0, 0.05) is 34.0 Å². The topological polar surface area (TPSA) is 60.4 Å². The van der Waals surface area contributed by atoms with Crippen molar-refractivity contribution in [2.24, 2.45) is 0 Å². The van der Waals surface area contributed by atoms with Crippen molar-refractivity contribution in [3.63, 3.8) is 0 Å². The van der Waals surface area contributed by atoms with Crippen LogP contribution >= 0.6 is 0 Å². The first kappa shape index (κ1) is 15.5. The van der Waals surface area contributed by atoms with Gasteiger partial charge in [-0.1, -0.05) is 11.8 Å². The van der Waals surface area contributed by atoms with Crippen molar-refractivity contribution in [1.29, 1.82) is 0 Å². The minimum absolute atomic E-state index is 0.398. The third-order valence-corrected chi connectivity index (χ3v) is 3.72. The molecule has 4 nitrogen and oxygen atoms in total. The first-order valence-corrected chi connectivity index (χ1v) is 7.77. The third-order valence-electron chi connectivity index (χ3n) is 3.72. The smallest absolute Gasteiger partial charge is 0.336 e. The molecule has 4 aromatic rings. The molecule has 0 bridgehead atoms. The Hall–Kier alpha value is -4.02. The lowest BCUT2D eigenvalue weighted by atomic mass is 10.1. The van der Waals surface area contributed by atoms with Gasteiger partial charge in [-0.3, -0.25) is 0 Å². The van der Waals surface area contributed by atoms with Gasteiger partial charge in [-0.2, -0.15) is 0 Å². The minimum atomic E-state index is -0.398. The highest BCUT2D eigenvalue weighted by Gasteiger charge is 1.98. The van der Waals surface area contributed by atoms with Crippen molar-refractivity contribution >= 4 is 21.9 Å². The summed E-state index contributed by atoms with van der Waals surface area (Å²) in [6.07, 6.45) is 0. The van der Waals surface area contributed by atoms with E-state index in [-0.39, 0.29) is 0 Å². The number of hydrogen-bond donors (Lipinski definition) is 0. The zero-order valence-electron chi connectivity index (χ0n) is 13.4. The average Bonchev–Trinajstić information content (AvgIpc) is 2.64. The van der Waals surface area contributed by atoms with E-state index in [4.69, 9.17) is 8.83 Å². The highest BCUT2D eigenvalue weighted by Crippen LogP contribution is 2.14. The molecule has 0 N–H and O–H groups in total. The molecule has 0 aliphatic carbocycles. The first-order chi connectivity index (χ1) is 12.7. The second kappa shape index (κ2) is 6.47.